The van der Waals surface area contributed by atoms with E-state index in [0.717, 1.165) is 37.3 Å². The number of halogens is 1. The Morgan fingerprint density at radius 3 is 2.33 bits per heavy atom. The van der Waals surface area contributed by atoms with Crippen molar-refractivity contribution < 1.29 is 17.6 Å². The maximum atomic E-state index is 13.0. The van der Waals surface area contributed by atoms with E-state index < -0.39 is 26.8 Å². The van der Waals surface area contributed by atoms with Crippen LogP contribution < -0.4 is 5.32 Å². The third-order valence-corrected chi connectivity index (χ3v) is 6.55. The van der Waals surface area contributed by atoms with Crippen LogP contribution in [0.4, 0.5) is 10.1 Å². The molecular formula is C20H25FN2O3S. The lowest BCUT2D eigenvalue weighted by Gasteiger charge is -2.19. The number of sulfone groups is 1. The van der Waals surface area contributed by atoms with E-state index in [1.54, 1.807) is 6.07 Å². The molecule has 0 fully saturated rings. The monoisotopic (exact) mass is 392 g/mol. The second-order valence-corrected chi connectivity index (χ2v) is 8.56. The molecule has 2 rings (SSSR count). The van der Waals surface area contributed by atoms with E-state index in [-0.39, 0.29) is 4.90 Å². The van der Waals surface area contributed by atoms with E-state index in [4.69, 9.17) is 0 Å². The van der Waals surface area contributed by atoms with Crippen LogP contribution in [-0.2, 0) is 21.2 Å². The first kappa shape index (κ1) is 21.1. The molecule has 0 heterocycles. The zero-order valence-corrected chi connectivity index (χ0v) is 16.6. The van der Waals surface area contributed by atoms with Crippen LogP contribution in [0, 0.1) is 5.82 Å². The normalized spacial score (nSPS) is 12.8. The number of benzene rings is 2. The van der Waals surface area contributed by atoms with Gasteiger partial charge in [0.2, 0.25) is 5.91 Å². The van der Waals surface area contributed by atoms with Gasteiger partial charge in [0.25, 0.3) is 0 Å². The molecule has 27 heavy (non-hydrogen) atoms. The van der Waals surface area contributed by atoms with Gasteiger partial charge in [0.1, 0.15) is 11.1 Å². The zero-order valence-electron chi connectivity index (χ0n) is 15.8. The first-order chi connectivity index (χ1) is 12.8. The van der Waals surface area contributed by atoms with Crippen molar-refractivity contribution in [3.05, 3.63) is 59.9 Å². The second-order valence-electron chi connectivity index (χ2n) is 6.29. The topological polar surface area (TPSA) is 66.5 Å². The van der Waals surface area contributed by atoms with E-state index in [2.05, 4.69) is 24.1 Å². The first-order valence-corrected chi connectivity index (χ1v) is 10.4. The molecule has 0 aliphatic heterocycles. The number of nitrogens with one attached hydrogen (secondary N) is 1. The Labute approximate surface area is 160 Å². The van der Waals surface area contributed by atoms with Gasteiger partial charge < -0.3 is 5.32 Å². The molecule has 0 bridgehead atoms. The molecule has 1 amide bonds. The molecule has 146 valence electrons. The summed E-state index contributed by atoms with van der Waals surface area (Å²) in [4.78, 5) is 14.6. The van der Waals surface area contributed by atoms with Crippen LogP contribution >= 0.6 is 0 Å². The molecule has 0 saturated heterocycles. The number of amides is 1. The molecule has 0 aromatic heterocycles. The minimum absolute atomic E-state index is 0.0816. The van der Waals surface area contributed by atoms with Crippen molar-refractivity contribution in [2.75, 3.05) is 18.4 Å². The Bertz CT molecular complexity index is 878. The van der Waals surface area contributed by atoms with Gasteiger partial charge in [0.05, 0.1) is 4.90 Å². The summed E-state index contributed by atoms with van der Waals surface area (Å²) in [5.41, 5.74) is 1.58. The average molecular weight is 392 g/mol. The van der Waals surface area contributed by atoms with Crippen LogP contribution in [0.25, 0.3) is 0 Å². The Kier molecular flexibility index (Phi) is 7.10. The molecule has 7 heteroatoms. The molecule has 1 atom stereocenters. The minimum Gasteiger partial charge on any atom is -0.325 e. The van der Waals surface area contributed by atoms with E-state index in [1.807, 2.05) is 18.2 Å². The van der Waals surface area contributed by atoms with E-state index in [9.17, 15) is 17.6 Å². The number of nitrogens with zero attached hydrogens (tertiary/aromatic N) is 1. The number of carbonyl (C=O) groups is 1. The summed E-state index contributed by atoms with van der Waals surface area (Å²) in [7, 11) is -3.90. The van der Waals surface area contributed by atoms with Crippen molar-refractivity contribution in [2.45, 2.75) is 37.5 Å². The van der Waals surface area contributed by atoms with Crippen molar-refractivity contribution >= 4 is 21.4 Å². The highest BCUT2D eigenvalue weighted by Crippen LogP contribution is 2.19. The number of hydrogen-bond donors (Lipinski definition) is 1. The zero-order chi connectivity index (χ0) is 20.0. The number of rotatable bonds is 8. The maximum Gasteiger partial charge on any atom is 0.242 e. The van der Waals surface area contributed by atoms with Gasteiger partial charge in [-0.15, -0.1) is 0 Å². The maximum absolute atomic E-state index is 13.0. The summed E-state index contributed by atoms with van der Waals surface area (Å²) in [5, 5.41) is 1.37. The fourth-order valence-corrected chi connectivity index (χ4v) is 3.93. The van der Waals surface area contributed by atoms with Crippen LogP contribution in [0.1, 0.15) is 26.3 Å². The van der Waals surface area contributed by atoms with Crippen LogP contribution in [0.3, 0.4) is 0 Å². The molecule has 0 spiro atoms. The Hall–Kier alpha value is -2.25. The van der Waals surface area contributed by atoms with Gasteiger partial charge in [-0.1, -0.05) is 26.0 Å². The lowest BCUT2D eigenvalue weighted by Crippen LogP contribution is -2.32. The van der Waals surface area contributed by atoms with E-state index in [1.165, 1.54) is 19.1 Å². The van der Waals surface area contributed by atoms with Crippen LogP contribution in [0.15, 0.2) is 53.4 Å². The standard InChI is InChI=1S/C20H25FN2O3S/c1-4-23(5-2)14-16-7-6-8-18(13-16)22-20(24)15(3)27(25,26)19-11-9-17(21)10-12-19/h6-13,15H,4-5,14H2,1-3H3,(H,22,24). The smallest absolute Gasteiger partial charge is 0.242 e. The summed E-state index contributed by atoms with van der Waals surface area (Å²) in [6, 6.07) is 11.8. The molecule has 1 N–H and O–H groups in total. The second kappa shape index (κ2) is 9.10. The summed E-state index contributed by atoms with van der Waals surface area (Å²) < 4.78 is 38.2. The van der Waals surface area contributed by atoms with Crippen molar-refractivity contribution in [3.8, 4) is 0 Å². The van der Waals surface area contributed by atoms with Gasteiger partial charge in [-0.05, 0) is 62.0 Å². The fraction of sp³-hybridized carbons (Fsp3) is 0.350. The highest BCUT2D eigenvalue weighted by Gasteiger charge is 2.29. The molecule has 5 nitrogen and oxygen atoms in total. The van der Waals surface area contributed by atoms with Gasteiger partial charge in [-0.25, -0.2) is 12.8 Å². The van der Waals surface area contributed by atoms with Crippen molar-refractivity contribution in [3.63, 3.8) is 0 Å². The summed E-state index contributed by atoms with van der Waals surface area (Å²) in [5.74, 6) is -1.16. The highest BCUT2D eigenvalue weighted by molar-refractivity contribution is 7.92. The molecule has 1 unspecified atom stereocenters. The van der Waals surface area contributed by atoms with Crippen LogP contribution in [0.2, 0.25) is 0 Å². The fourth-order valence-electron chi connectivity index (χ4n) is 2.67. The number of anilines is 1. The number of carbonyl (C=O) groups excluding carboxylic acids is 1. The minimum atomic E-state index is -3.90. The molecule has 0 aliphatic rings. The predicted molar refractivity (Wildman–Crippen MR) is 105 cm³/mol. The van der Waals surface area contributed by atoms with Crippen LogP contribution in [-0.4, -0.2) is 37.6 Å². The van der Waals surface area contributed by atoms with Crippen molar-refractivity contribution in [1.29, 1.82) is 0 Å². The van der Waals surface area contributed by atoms with Gasteiger partial charge in [0, 0.05) is 12.2 Å². The van der Waals surface area contributed by atoms with Gasteiger partial charge in [0.15, 0.2) is 9.84 Å². The Morgan fingerprint density at radius 2 is 1.74 bits per heavy atom. The first-order valence-electron chi connectivity index (χ1n) is 8.89. The van der Waals surface area contributed by atoms with E-state index >= 15 is 0 Å². The van der Waals surface area contributed by atoms with Gasteiger partial charge >= 0.3 is 0 Å². The molecule has 2 aromatic rings. The summed E-state index contributed by atoms with van der Waals surface area (Å²) in [6.07, 6.45) is 0. The summed E-state index contributed by atoms with van der Waals surface area (Å²) >= 11 is 0. The third kappa shape index (κ3) is 5.37. The average Bonchev–Trinajstić information content (AvgIpc) is 2.66. The Balaban J connectivity index is 2.13. The summed E-state index contributed by atoms with van der Waals surface area (Å²) in [6.45, 7) is 8.07. The van der Waals surface area contributed by atoms with Crippen molar-refractivity contribution in [2.24, 2.45) is 0 Å². The molecule has 0 saturated carbocycles. The quantitative estimate of drug-likeness (QED) is 0.699. The molecule has 0 radical (unpaired) electrons. The largest absolute Gasteiger partial charge is 0.325 e. The van der Waals surface area contributed by atoms with Gasteiger partial charge in [-0.3, -0.25) is 9.69 Å². The molecule has 2 aromatic carbocycles. The Morgan fingerprint density at radius 1 is 1.11 bits per heavy atom. The van der Waals surface area contributed by atoms with Crippen LogP contribution in [0.5, 0.6) is 0 Å². The highest BCUT2D eigenvalue weighted by atomic mass is 32.2. The predicted octanol–water partition coefficient (Wildman–Crippen LogP) is 3.47. The lowest BCUT2D eigenvalue weighted by atomic mass is 10.2. The third-order valence-electron chi connectivity index (χ3n) is 4.47. The number of hydrogen-bond acceptors (Lipinski definition) is 4. The van der Waals surface area contributed by atoms with E-state index in [0.29, 0.717) is 5.69 Å². The molecule has 0 aliphatic carbocycles. The van der Waals surface area contributed by atoms with Crippen molar-refractivity contribution in [1.82, 2.24) is 4.90 Å². The molecular weight excluding hydrogens is 367 g/mol. The van der Waals surface area contributed by atoms with Gasteiger partial charge in [-0.2, -0.15) is 0 Å². The SMILES string of the molecule is CCN(CC)Cc1cccc(NC(=O)C(C)S(=O)(=O)c2ccc(F)cc2)c1. The lowest BCUT2D eigenvalue weighted by molar-refractivity contribution is -0.115.